The van der Waals surface area contributed by atoms with E-state index < -0.39 is 4.92 Å². The molecule has 1 saturated heterocycles. The van der Waals surface area contributed by atoms with Gasteiger partial charge in [-0.05, 0) is 25.6 Å². The summed E-state index contributed by atoms with van der Waals surface area (Å²) in [7, 11) is 1.79. The summed E-state index contributed by atoms with van der Waals surface area (Å²) >= 11 is 6.09. The van der Waals surface area contributed by atoms with Crippen LogP contribution in [0.25, 0.3) is 0 Å². The molecule has 1 atom stereocenters. The highest BCUT2D eigenvalue weighted by atomic mass is 35.5. The molecule has 1 aromatic rings. The van der Waals surface area contributed by atoms with Gasteiger partial charge in [-0.1, -0.05) is 11.6 Å². The van der Waals surface area contributed by atoms with E-state index >= 15 is 0 Å². The van der Waals surface area contributed by atoms with Crippen molar-refractivity contribution in [3.8, 4) is 0 Å². The summed E-state index contributed by atoms with van der Waals surface area (Å²) in [6.45, 7) is 4.26. The number of hydrogen-bond acceptors (Lipinski definition) is 5. The van der Waals surface area contributed by atoms with Gasteiger partial charge >= 0.3 is 0 Å². The molecular formula is C15H20ClN3O4. The molecule has 2 rings (SSSR count). The summed E-state index contributed by atoms with van der Waals surface area (Å²) in [6.07, 6.45) is 0.0456. The number of carbonyl (C=O) groups excluding carboxylic acids is 1. The second-order valence-electron chi connectivity index (χ2n) is 5.73. The number of nitrogens with zero attached hydrogens (tertiary/aromatic N) is 3. The van der Waals surface area contributed by atoms with Gasteiger partial charge in [-0.2, -0.15) is 0 Å². The monoisotopic (exact) mass is 341 g/mol. The summed E-state index contributed by atoms with van der Waals surface area (Å²) in [4.78, 5) is 26.3. The number of nitro benzene ring substituents is 1. The predicted molar refractivity (Wildman–Crippen MR) is 86.4 cm³/mol. The molecule has 1 heterocycles. The molecular weight excluding hydrogens is 322 g/mol. The molecule has 0 N–H and O–H groups in total. The molecule has 1 unspecified atom stereocenters. The minimum atomic E-state index is -0.458. The number of non-ortho nitro benzene ring substituents is 1. The van der Waals surface area contributed by atoms with Gasteiger partial charge in [0.05, 0.1) is 24.2 Å². The van der Waals surface area contributed by atoms with E-state index in [1.54, 1.807) is 16.8 Å². The average Bonchev–Trinajstić information content (AvgIpc) is 2.49. The summed E-state index contributed by atoms with van der Waals surface area (Å²) in [6, 6.07) is 4.32. The summed E-state index contributed by atoms with van der Waals surface area (Å²) in [5, 5.41) is 11.3. The summed E-state index contributed by atoms with van der Waals surface area (Å²) < 4.78 is 5.42. The predicted octanol–water partition coefficient (Wildman–Crippen LogP) is 1.93. The molecule has 1 amide bonds. The Bertz CT molecular complexity index is 596. The summed E-state index contributed by atoms with van der Waals surface area (Å²) in [5.74, 6) is 0.0178. The third kappa shape index (κ3) is 4.89. The van der Waals surface area contributed by atoms with E-state index in [0.29, 0.717) is 36.8 Å². The van der Waals surface area contributed by atoms with Crippen LogP contribution in [0.5, 0.6) is 0 Å². The average molecular weight is 342 g/mol. The number of nitro groups is 1. The highest BCUT2D eigenvalue weighted by Gasteiger charge is 2.22. The largest absolute Gasteiger partial charge is 0.375 e. The van der Waals surface area contributed by atoms with Gasteiger partial charge in [0.15, 0.2) is 0 Å². The number of rotatable bonds is 5. The zero-order chi connectivity index (χ0) is 17.0. The van der Waals surface area contributed by atoms with Crippen molar-refractivity contribution in [1.82, 2.24) is 9.80 Å². The maximum absolute atomic E-state index is 12.3. The van der Waals surface area contributed by atoms with Crippen molar-refractivity contribution in [3.05, 3.63) is 38.9 Å². The molecule has 1 aromatic carbocycles. The van der Waals surface area contributed by atoms with Gasteiger partial charge in [-0.3, -0.25) is 19.8 Å². The van der Waals surface area contributed by atoms with Crippen molar-refractivity contribution in [2.24, 2.45) is 0 Å². The first-order valence-electron chi connectivity index (χ1n) is 7.37. The van der Waals surface area contributed by atoms with Gasteiger partial charge in [0.2, 0.25) is 5.91 Å². The standard InChI is InChI=1S/C15H20ClN3O4/c1-11-8-18(5-6-23-11)15(20)10-17(2)9-12-7-13(19(21)22)3-4-14(12)16/h3-4,7,11H,5-6,8-10H2,1-2H3. The zero-order valence-corrected chi connectivity index (χ0v) is 14.0. The fourth-order valence-electron chi connectivity index (χ4n) is 2.52. The number of benzene rings is 1. The van der Waals surface area contributed by atoms with Crippen LogP contribution in [0.4, 0.5) is 5.69 Å². The number of morpholine rings is 1. The van der Waals surface area contributed by atoms with Crippen molar-refractivity contribution in [2.75, 3.05) is 33.3 Å². The van der Waals surface area contributed by atoms with Crippen LogP contribution in [0.1, 0.15) is 12.5 Å². The maximum atomic E-state index is 12.3. The number of carbonyl (C=O) groups is 1. The van der Waals surface area contributed by atoms with Crippen LogP contribution in [0.15, 0.2) is 18.2 Å². The van der Waals surface area contributed by atoms with Crippen LogP contribution in [0.2, 0.25) is 5.02 Å². The number of amides is 1. The molecule has 0 radical (unpaired) electrons. The molecule has 126 valence electrons. The number of halogens is 1. The lowest BCUT2D eigenvalue weighted by atomic mass is 10.2. The minimum Gasteiger partial charge on any atom is -0.375 e. The van der Waals surface area contributed by atoms with E-state index in [-0.39, 0.29) is 24.2 Å². The van der Waals surface area contributed by atoms with E-state index in [4.69, 9.17) is 16.3 Å². The number of hydrogen-bond donors (Lipinski definition) is 0. The van der Waals surface area contributed by atoms with Gasteiger partial charge in [0.1, 0.15) is 0 Å². The Morgan fingerprint density at radius 2 is 2.30 bits per heavy atom. The molecule has 23 heavy (non-hydrogen) atoms. The lowest BCUT2D eigenvalue weighted by molar-refractivity contribution is -0.384. The van der Waals surface area contributed by atoms with Crippen LogP contribution >= 0.6 is 11.6 Å². The normalized spacial score (nSPS) is 18.3. The smallest absolute Gasteiger partial charge is 0.269 e. The van der Waals surface area contributed by atoms with Crippen molar-refractivity contribution < 1.29 is 14.5 Å². The lowest BCUT2D eigenvalue weighted by Gasteiger charge is -2.32. The van der Waals surface area contributed by atoms with Crippen LogP contribution in [0.3, 0.4) is 0 Å². The molecule has 1 fully saturated rings. The fraction of sp³-hybridized carbons (Fsp3) is 0.533. The van der Waals surface area contributed by atoms with Gasteiger partial charge < -0.3 is 9.64 Å². The number of ether oxygens (including phenoxy) is 1. The molecule has 0 spiro atoms. The zero-order valence-electron chi connectivity index (χ0n) is 13.2. The molecule has 0 bridgehead atoms. The molecule has 8 heteroatoms. The Kier molecular flexibility index (Phi) is 5.92. The fourth-order valence-corrected chi connectivity index (χ4v) is 2.70. The van der Waals surface area contributed by atoms with Crippen LogP contribution in [-0.2, 0) is 16.1 Å². The second kappa shape index (κ2) is 7.72. The van der Waals surface area contributed by atoms with Crippen LogP contribution in [0, 0.1) is 10.1 Å². The lowest BCUT2D eigenvalue weighted by Crippen LogP contribution is -2.47. The summed E-state index contributed by atoms with van der Waals surface area (Å²) in [5.41, 5.74) is 0.623. The number of likely N-dealkylation sites (N-methyl/N-ethyl adjacent to an activating group) is 1. The van der Waals surface area contributed by atoms with E-state index in [1.165, 1.54) is 18.2 Å². The van der Waals surface area contributed by atoms with Gasteiger partial charge in [0, 0.05) is 36.8 Å². The van der Waals surface area contributed by atoms with Crippen molar-refractivity contribution >= 4 is 23.2 Å². The van der Waals surface area contributed by atoms with E-state index in [2.05, 4.69) is 0 Å². The minimum absolute atomic E-state index is 0.00821. The quantitative estimate of drug-likeness (QED) is 0.604. The Morgan fingerprint density at radius 1 is 1.57 bits per heavy atom. The second-order valence-corrected chi connectivity index (χ2v) is 6.13. The molecule has 0 aromatic heterocycles. The molecule has 1 aliphatic rings. The van der Waals surface area contributed by atoms with Gasteiger partial charge in [-0.25, -0.2) is 0 Å². The Balaban J connectivity index is 1.96. The third-order valence-corrected chi connectivity index (χ3v) is 4.05. The van der Waals surface area contributed by atoms with Crippen LogP contribution in [-0.4, -0.2) is 60.0 Å². The van der Waals surface area contributed by atoms with Crippen molar-refractivity contribution in [1.29, 1.82) is 0 Å². The topological polar surface area (TPSA) is 75.9 Å². The van der Waals surface area contributed by atoms with Gasteiger partial charge in [0.25, 0.3) is 5.69 Å². The Hall–Kier alpha value is -1.70. The maximum Gasteiger partial charge on any atom is 0.269 e. The Labute approximate surface area is 139 Å². The highest BCUT2D eigenvalue weighted by molar-refractivity contribution is 6.31. The molecule has 0 aliphatic carbocycles. The Morgan fingerprint density at radius 3 is 2.96 bits per heavy atom. The highest BCUT2D eigenvalue weighted by Crippen LogP contribution is 2.23. The first kappa shape index (κ1) is 17.7. The third-order valence-electron chi connectivity index (χ3n) is 3.68. The van der Waals surface area contributed by atoms with Gasteiger partial charge in [-0.15, -0.1) is 0 Å². The first-order chi connectivity index (χ1) is 10.9. The van der Waals surface area contributed by atoms with E-state index in [9.17, 15) is 14.9 Å². The van der Waals surface area contributed by atoms with E-state index in [0.717, 1.165) is 0 Å². The van der Waals surface area contributed by atoms with Crippen molar-refractivity contribution in [3.63, 3.8) is 0 Å². The SMILES string of the molecule is CC1CN(C(=O)CN(C)Cc2cc([N+](=O)[O-])ccc2Cl)CCO1. The molecule has 7 nitrogen and oxygen atoms in total. The van der Waals surface area contributed by atoms with Crippen LogP contribution < -0.4 is 0 Å². The van der Waals surface area contributed by atoms with Crippen molar-refractivity contribution in [2.45, 2.75) is 19.6 Å². The molecule has 0 saturated carbocycles. The van der Waals surface area contributed by atoms with E-state index in [1.807, 2.05) is 6.92 Å². The first-order valence-corrected chi connectivity index (χ1v) is 7.75. The molecule has 1 aliphatic heterocycles.